The number of halogens is 3. The van der Waals surface area contributed by atoms with E-state index in [1.54, 1.807) is 40.9 Å². The first kappa shape index (κ1) is 30.3. The predicted molar refractivity (Wildman–Crippen MR) is 160 cm³/mol. The molecular weight excluding hydrogens is 577 g/mol. The standard InChI is InChI=1S/C30H31F3N8O3/c1-17-4-5-20(11-24(17)38-27-10-18(2)39-41(27)26-15-25(34-3)35-16-36-26)28(42)37-22-12-21(30(31,32)33)13-23(14-22)40-8-6-19(7-9-40)29(43)44/h4-5,10-16,19,38H,6-9H2,1-3H3,(H,37,42)(H,43,44)(H,34,35,36). The number of anilines is 5. The van der Waals surface area contributed by atoms with E-state index in [2.05, 4.69) is 31.0 Å². The lowest BCUT2D eigenvalue weighted by molar-refractivity contribution is -0.142. The van der Waals surface area contributed by atoms with Crippen molar-refractivity contribution in [3.63, 3.8) is 0 Å². The molecule has 4 aromatic rings. The SMILES string of the molecule is CNc1cc(-n2nc(C)cc2Nc2cc(C(=O)Nc3cc(N4CCC(C(=O)O)CC4)cc(C(F)(F)F)c3)ccc2C)ncn1. The van der Waals surface area contributed by atoms with Crippen molar-refractivity contribution in [2.24, 2.45) is 5.92 Å². The summed E-state index contributed by atoms with van der Waals surface area (Å²) in [5.74, 6) is -0.342. The number of aromatic nitrogens is 4. The smallest absolute Gasteiger partial charge is 0.416 e. The zero-order valence-electron chi connectivity index (χ0n) is 24.2. The quantitative estimate of drug-likeness (QED) is 0.200. The molecule has 0 bridgehead atoms. The van der Waals surface area contributed by atoms with Crippen LogP contribution in [0.2, 0.25) is 0 Å². The highest BCUT2D eigenvalue weighted by Crippen LogP contribution is 2.36. The highest BCUT2D eigenvalue weighted by atomic mass is 19.4. The Kier molecular flexibility index (Phi) is 8.43. The number of carbonyl (C=O) groups excluding carboxylic acids is 1. The van der Waals surface area contributed by atoms with E-state index >= 15 is 0 Å². The molecule has 1 aliphatic heterocycles. The Morgan fingerprint density at radius 1 is 1.00 bits per heavy atom. The maximum Gasteiger partial charge on any atom is 0.416 e. The van der Waals surface area contributed by atoms with Gasteiger partial charge in [-0.05, 0) is 62.6 Å². The second kappa shape index (κ2) is 12.2. The van der Waals surface area contributed by atoms with Crippen molar-refractivity contribution in [3.8, 4) is 5.82 Å². The van der Waals surface area contributed by atoms with Crippen LogP contribution in [0.1, 0.15) is 40.0 Å². The number of hydrogen-bond acceptors (Lipinski definition) is 8. The Morgan fingerprint density at radius 2 is 1.75 bits per heavy atom. The van der Waals surface area contributed by atoms with Crippen LogP contribution in [-0.4, -0.2) is 56.9 Å². The third-order valence-electron chi connectivity index (χ3n) is 7.43. The summed E-state index contributed by atoms with van der Waals surface area (Å²) >= 11 is 0. The van der Waals surface area contributed by atoms with Crippen molar-refractivity contribution in [2.45, 2.75) is 32.9 Å². The number of piperidine rings is 1. The van der Waals surface area contributed by atoms with E-state index in [4.69, 9.17) is 0 Å². The van der Waals surface area contributed by atoms with Gasteiger partial charge in [0.05, 0.1) is 17.2 Å². The van der Waals surface area contributed by atoms with Crippen molar-refractivity contribution in [3.05, 3.63) is 77.2 Å². The maximum atomic E-state index is 13.8. The van der Waals surface area contributed by atoms with E-state index in [1.807, 2.05) is 19.9 Å². The Morgan fingerprint density at radius 3 is 2.43 bits per heavy atom. The lowest BCUT2D eigenvalue weighted by atomic mass is 9.96. The number of benzene rings is 2. The zero-order valence-corrected chi connectivity index (χ0v) is 24.2. The molecule has 0 radical (unpaired) electrons. The topological polar surface area (TPSA) is 137 Å². The summed E-state index contributed by atoms with van der Waals surface area (Å²) < 4.78 is 43.0. The van der Waals surface area contributed by atoms with Crippen LogP contribution in [0.25, 0.3) is 5.82 Å². The minimum atomic E-state index is -4.64. The van der Waals surface area contributed by atoms with Gasteiger partial charge in [0.15, 0.2) is 5.82 Å². The molecule has 3 heterocycles. The Bertz CT molecular complexity index is 1700. The Labute approximate surface area is 251 Å². The molecule has 5 rings (SSSR count). The maximum absolute atomic E-state index is 13.8. The van der Waals surface area contributed by atoms with Gasteiger partial charge in [-0.2, -0.15) is 23.0 Å². The summed E-state index contributed by atoms with van der Waals surface area (Å²) in [5.41, 5.74) is 1.68. The predicted octanol–water partition coefficient (Wildman–Crippen LogP) is 5.64. The molecule has 1 fully saturated rings. The second-order valence-corrected chi connectivity index (χ2v) is 10.6. The van der Waals surface area contributed by atoms with Crippen LogP contribution >= 0.6 is 0 Å². The summed E-state index contributed by atoms with van der Waals surface area (Å²) in [6.45, 7) is 4.27. The summed E-state index contributed by atoms with van der Waals surface area (Å²) in [5, 5.41) is 22.6. The van der Waals surface area contributed by atoms with Crippen LogP contribution < -0.4 is 20.9 Å². The van der Waals surface area contributed by atoms with Crippen molar-refractivity contribution in [1.29, 1.82) is 0 Å². The van der Waals surface area contributed by atoms with Gasteiger partial charge in [0.2, 0.25) is 0 Å². The van der Waals surface area contributed by atoms with Crippen molar-refractivity contribution in [2.75, 3.05) is 41.0 Å². The summed E-state index contributed by atoms with van der Waals surface area (Å²) in [6, 6.07) is 11.9. The fraction of sp³-hybridized carbons (Fsp3) is 0.300. The average molecular weight is 609 g/mol. The van der Waals surface area contributed by atoms with E-state index in [-0.39, 0.29) is 16.9 Å². The normalized spacial score (nSPS) is 13.9. The number of alkyl halides is 3. The molecule has 1 aliphatic rings. The van der Waals surface area contributed by atoms with Gasteiger partial charge < -0.3 is 26.0 Å². The second-order valence-electron chi connectivity index (χ2n) is 10.6. The number of hydrogen-bond donors (Lipinski definition) is 4. The van der Waals surface area contributed by atoms with E-state index < -0.39 is 29.5 Å². The third kappa shape index (κ3) is 6.74. The van der Waals surface area contributed by atoms with Gasteiger partial charge in [-0.15, -0.1) is 0 Å². The Hall–Kier alpha value is -5.14. The summed E-state index contributed by atoms with van der Waals surface area (Å²) in [4.78, 5) is 34.8. The monoisotopic (exact) mass is 608 g/mol. The van der Waals surface area contributed by atoms with Gasteiger partial charge in [0, 0.05) is 54.9 Å². The first-order chi connectivity index (χ1) is 20.9. The van der Waals surface area contributed by atoms with Gasteiger partial charge in [-0.3, -0.25) is 9.59 Å². The molecule has 0 aliphatic carbocycles. The van der Waals surface area contributed by atoms with Crippen LogP contribution in [0.4, 0.5) is 41.9 Å². The van der Waals surface area contributed by atoms with E-state index in [9.17, 15) is 27.9 Å². The Balaban J connectivity index is 1.39. The number of nitrogens with zero attached hydrogens (tertiary/aromatic N) is 5. The largest absolute Gasteiger partial charge is 0.481 e. The molecular formula is C30H31F3N8O3. The average Bonchev–Trinajstić information content (AvgIpc) is 3.37. The third-order valence-corrected chi connectivity index (χ3v) is 7.43. The molecule has 0 atom stereocenters. The molecule has 1 amide bonds. The lowest BCUT2D eigenvalue weighted by Gasteiger charge is -2.32. The molecule has 2 aromatic carbocycles. The molecule has 11 nitrogen and oxygen atoms in total. The van der Waals surface area contributed by atoms with Crippen molar-refractivity contribution < 1.29 is 27.9 Å². The van der Waals surface area contributed by atoms with Crippen LogP contribution in [-0.2, 0) is 11.0 Å². The van der Waals surface area contributed by atoms with Crippen LogP contribution in [0.15, 0.2) is 54.9 Å². The number of aliphatic carboxylic acids is 1. The van der Waals surface area contributed by atoms with Gasteiger partial charge in [-0.25, -0.2) is 9.97 Å². The zero-order chi connectivity index (χ0) is 31.6. The summed E-state index contributed by atoms with van der Waals surface area (Å²) in [7, 11) is 1.74. The fourth-order valence-electron chi connectivity index (χ4n) is 5.02. The molecule has 1 saturated heterocycles. The molecule has 4 N–H and O–H groups in total. The molecule has 230 valence electrons. The van der Waals surface area contributed by atoms with Gasteiger partial charge in [-0.1, -0.05) is 6.07 Å². The highest BCUT2D eigenvalue weighted by Gasteiger charge is 2.33. The van der Waals surface area contributed by atoms with Crippen LogP contribution in [0.3, 0.4) is 0 Å². The first-order valence-electron chi connectivity index (χ1n) is 13.9. The summed E-state index contributed by atoms with van der Waals surface area (Å²) in [6.07, 6.45) is -2.60. The number of aryl methyl sites for hydroxylation is 2. The minimum absolute atomic E-state index is 0.0203. The van der Waals surface area contributed by atoms with Gasteiger partial charge in [0.1, 0.15) is 18.0 Å². The molecule has 0 saturated carbocycles. The number of carbonyl (C=O) groups is 2. The number of carboxylic acids is 1. The molecule has 2 aromatic heterocycles. The van der Waals surface area contributed by atoms with Crippen LogP contribution in [0.5, 0.6) is 0 Å². The highest BCUT2D eigenvalue weighted by molar-refractivity contribution is 6.05. The molecule has 0 unspecified atom stereocenters. The van der Waals surface area contributed by atoms with Crippen LogP contribution in [0, 0.1) is 19.8 Å². The number of amides is 1. The molecule has 14 heteroatoms. The molecule has 44 heavy (non-hydrogen) atoms. The van der Waals surface area contributed by atoms with E-state index in [0.29, 0.717) is 49.1 Å². The first-order valence-corrected chi connectivity index (χ1v) is 13.9. The van der Waals surface area contributed by atoms with Gasteiger partial charge >= 0.3 is 12.1 Å². The van der Waals surface area contributed by atoms with E-state index in [0.717, 1.165) is 23.4 Å². The number of rotatable bonds is 8. The molecule has 0 spiro atoms. The van der Waals surface area contributed by atoms with Crippen molar-refractivity contribution in [1.82, 2.24) is 19.7 Å². The van der Waals surface area contributed by atoms with Crippen molar-refractivity contribution >= 4 is 40.6 Å². The number of nitrogens with one attached hydrogen (secondary N) is 3. The minimum Gasteiger partial charge on any atom is -0.481 e. The van der Waals surface area contributed by atoms with E-state index in [1.165, 1.54) is 12.4 Å². The lowest BCUT2D eigenvalue weighted by Crippen LogP contribution is -2.36. The fourth-order valence-corrected chi connectivity index (χ4v) is 5.02. The number of carboxylic acid groups (broad SMARTS) is 1. The van der Waals surface area contributed by atoms with Gasteiger partial charge in [0.25, 0.3) is 5.91 Å².